The van der Waals surface area contributed by atoms with Gasteiger partial charge in [-0.15, -0.1) is 0 Å². The van der Waals surface area contributed by atoms with Crippen molar-refractivity contribution in [1.29, 1.82) is 0 Å². The van der Waals surface area contributed by atoms with Gasteiger partial charge in [0.1, 0.15) is 5.75 Å². The molecule has 0 unspecified atom stereocenters. The van der Waals surface area contributed by atoms with Crippen molar-refractivity contribution in [3.63, 3.8) is 0 Å². The molecule has 0 radical (unpaired) electrons. The number of nitrogens with one attached hydrogen (secondary N) is 1. The van der Waals surface area contributed by atoms with Crippen LogP contribution in [0.5, 0.6) is 5.75 Å². The zero-order chi connectivity index (χ0) is 22.5. The minimum Gasteiger partial charge on any atom is -0.494 e. The van der Waals surface area contributed by atoms with Gasteiger partial charge in [-0.1, -0.05) is 6.07 Å². The van der Waals surface area contributed by atoms with Crippen molar-refractivity contribution in [1.82, 2.24) is 9.99 Å². The van der Waals surface area contributed by atoms with Crippen LogP contribution in [0.2, 0.25) is 0 Å². The Kier molecular flexibility index (Phi) is 6.49. The van der Waals surface area contributed by atoms with Gasteiger partial charge in [0.2, 0.25) is 0 Å². The van der Waals surface area contributed by atoms with E-state index in [-0.39, 0.29) is 11.6 Å². The zero-order valence-electron chi connectivity index (χ0n) is 17.9. The first-order valence-corrected chi connectivity index (χ1v) is 9.82. The second kappa shape index (κ2) is 9.25. The number of aromatic nitrogens is 1. The standard InChI is InChI=1S/C23H24N4O4/c1-5-31-21-10-7-18(8-11-21)23(28)25-24-14-19-12-16(3)26(17(19)4)22-13-20(27(29)30)9-6-15(22)2/h6-14H,5H2,1-4H3,(H,25,28)/b24-14+. The number of benzene rings is 2. The topological polar surface area (TPSA) is 98.8 Å². The molecule has 0 saturated heterocycles. The Labute approximate surface area is 180 Å². The van der Waals surface area contributed by atoms with E-state index in [9.17, 15) is 14.9 Å². The summed E-state index contributed by atoms with van der Waals surface area (Å²) in [4.78, 5) is 23.1. The lowest BCUT2D eigenvalue weighted by Crippen LogP contribution is -2.17. The van der Waals surface area contributed by atoms with Crippen molar-refractivity contribution in [2.24, 2.45) is 5.10 Å². The Morgan fingerprint density at radius 1 is 1.16 bits per heavy atom. The van der Waals surface area contributed by atoms with E-state index in [0.29, 0.717) is 17.9 Å². The molecule has 1 amide bonds. The van der Waals surface area contributed by atoms with Crippen LogP contribution in [0.4, 0.5) is 5.69 Å². The summed E-state index contributed by atoms with van der Waals surface area (Å²) in [5.74, 6) is 0.370. The number of hydrogen-bond acceptors (Lipinski definition) is 5. The number of nitro groups is 1. The number of hydrazone groups is 1. The molecule has 2 aromatic carbocycles. The van der Waals surface area contributed by atoms with E-state index < -0.39 is 4.92 Å². The van der Waals surface area contributed by atoms with Crippen LogP contribution in [0.1, 0.15) is 39.8 Å². The van der Waals surface area contributed by atoms with Crippen molar-refractivity contribution in [2.45, 2.75) is 27.7 Å². The third-order valence-electron chi connectivity index (χ3n) is 4.91. The number of non-ortho nitro benzene ring substituents is 1. The second-order valence-electron chi connectivity index (χ2n) is 7.05. The van der Waals surface area contributed by atoms with E-state index in [1.54, 1.807) is 42.6 Å². The molecular weight excluding hydrogens is 396 g/mol. The third kappa shape index (κ3) is 4.80. The van der Waals surface area contributed by atoms with Gasteiger partial charge in [0.15, 0.2) is 0 Å². The summed E-state index contributed by atoms with van der Waals surface area (Å²) in [5.41, 5.74) is 7.25. The highest BCUT2D eigenvalue weighted by Gasteiger charge is 2.15. The van der Waals surface area contributed by atoms with Crippen LogP contribution in [0.25, 0.3) is 5.69 Å². The van der Waals surface area contributed by atoms with Crippen LogP contribution >= 0.6 is 0 Å². The number of amides is 1. The Balaban J connectivity index is 1.79. The minimum atomic E-state index is -0.407. The van der Waals surface area contributed by atoms with Gasteiger partial charge in [0, 0.05) is 34.6 Å². The number of ether oxygens (including phenoxy) is 1. The summed E-state index contributed by atoms with van der Waals surface area (Å²) in [6.07, 6.45) is 1.57. The molecule has 3 rings (SSSR count). The van der Waals surface area contributed by atoms with E-state index in [2.05, 4.69) is 10.5 Å². The van der Waals surface area contributed by atoms with Crippen LogP contribution in [0.3, 0.4) is 0 Å². The summed E-state index contributed by atoms with van der Waals surface area (Å²) < 4.78 is 7.31. The molecule has 8 heteroatoms. The van der Waals surface area contributed by atoms with Crippen LogP contribution in [0, 0.1) is 30.9 Å². The lowest BCUT2D eigenvalue weighted by atomic mass is 10.1. The monoisotopic (exact) mass is 420 g/mol. The molecule has 0 aliphatic rings. The van der Waals surface area contributed by atoms with E-state index in [0.717, 1.165) is 28.2 Å². The van der Waals surface area contributed by atoms with Gasteiger partial charge >= 0.3 is 0 Å². The Hall–Kier alpha value is -3.94. The van der Waals surface area contributed by atoms with Crippen molar-refractivity contribution >= 4 is 17.8 Å². The average molecular weight is 420 g/mol. The molecule has 3 aromatic rings. The molecule has 0 fully saturated rings. The Morgan fingerprint density at radius 3 is 2.52 bits per heavy atom. The van der Waals surface area contributed by atoms with Crippen molar-refractivity contribution < 1.29 is 14.5 Å². The Bertz CT molecular complexity index is 1150. The SMILES string of the molecule is CCOc1ccc(C(=O)N/N=C/c2cc(C)n(-c3cc([N+](=O)[O-])ccc3C)c2C)cc1. The average Bonchev–Trinajstić information content (AvgIpc) is 3.02. The Morgan fingerprint density at radius 2 is 1.87 bits per heavy atom. The first-order chi connectivity index (χ1) is 14.8. The smallest absolute Gasteiger partial charge is 0.271 e. The highest BCUT2D eigenvalue weighted by atomic mass is 16.6. The van der Waals surface area contributed by atoms with Gasteiger partial charge in [-0.2, -0.15) is 5.10 Å². The maximum atomic E-state index is 12.3. The fourth-order valence-electron chi connectivity index (χ4n) is 3.34. The number of hydrogen-bond donors (Lipinski definition) is 1. The molecule has 1 N–H and O–H groups in total. The van der Waals surface area contributed by atoms with Gasteiger partial charge in [0.25, 0.3) is 11.6 Å². The van der Waals surface area contributed by atoms with Crippen LogP contribution < -0.4 is 10.2 Å². The van der Waals surface area contributed by atoms with Crippen LogP contribution in [0.15, 0.2) is 53.6 Å². The number of carbonyl (C=O) groups is 1. The maximum Gasteiger partial charge on any atom is 0.271 e. The highest BCUT2D eigenvalue weighted by molar-refractivity contribution is 5.95. The molecule has 0 spiro atoms. The highest BCUT2D eigenvalue weighted by Crippen LogP contribution is 2.26. The van der Waals surface area contributed by atoms with Crippen molar-refractivity contribution in [3.8, 4) is 11.4 Å². The molecule has 0 saturated carbocycles. The molecule has 0 bridgehead atoms. The molecule has 8 nitrogen and oxygen atoms in total. The van der Waals surface area contributed by atoms with Crippen molar-refractivity contribution in [2.75, 3.05) is 6.61 Å². The fourth-order valence-corrected chi connectivity index (χ4v) is 3.34. The minimum absolute atomic E-state index is 0.0333. The van der Waals surface area contributed by atoms with Gasteiger partial charge < -0.3 is 9.30 Å². The first kappa shape index (κ1) is 21.8. The lowest BCUT2D eigenvalue weighted by molar-refractivity contribution is -0.384. The van der Waals surface area contributed by atoms with E-state index >= 15 is 0 Å². The van der Waals surface area contributed by atoms with Crippen molar-refractivity contribution in [3.05, 3.63) is 86.7 Å². The molecule has 1 aromatic heterocycles. The summed E-state index contributed by atoms with van der Waals surface area (Å²) in [6, 6.07) is 13.5. The largest absolute Gasteiger partial charge is 0.494 e. The van der Waals surface area contributed by atoms with Gasteiger partial charge in [-0.3, -0.25) is 14.9 Å². The molecule has 1 heterocycles. The summed E-state index contributed by atoms with van der Waals surface area (Å²) in [5, 5.41) is 15.2. The number of carbonyl (C=O) groups excluding carboxylic acids is 1. The maximum absolute atomic E-state index is 12.3. The molecule has 0 atom stereocenters. The van der Waals surface area contributed by atoms with Crippen LogP contribution in [-0.2, 0) is 0 Å². The summed E-state index contributed by atoms with van der Waals surface area (Å²) in [6.45, 7) is 8.18. The fraction of sp³-hybridized carbons (Fsp3) is 0.217. The molecule has 160 valence electrons. The summed E-state index contributed by atoms with van der Waals surface area (Å²) in [7, 11) is 0. The van der Waals surface area contributed by atoms with Crippen LogP contribution in [-0.4, -0.2) is 28.2 Å². The third-order valence-corrected chi connectivity index (χ3v) is 4.91. The predicted octanol–water partition coefficient (Wildman–Crippen LogP) is 4.47. The molecule has 31 heavy (non-hydrogen) atoms. The second-order valence-corrected chi connectivity index (χ2v) is 7.05. The van der Waals surface area contributed by atoms with Gasteiger partial charge in [-0.05, 0) is 63.6 Å². The molecule has 0 aliphatic carbocycles. The number of nitrogens with zero attached hydrogens (tertiary/aromatic N) is 3. The van der Waals surface area contributed by atoms with Gasteiger partial charge in [0.05, 0.1) is 23.4 Å². The first-order valence-electron chi connectivity index (χ1n) is 9.82. The van der Waals surface area contributed by atoms with E-state index in [4.69, 9.17) is 4.74 Å². The summed E-state index contributed by atoms with van der Waals surface area (Å²) >= 11 is 0. The quantitative estimate of drug-likeness (QED) is 0.346. The number of rotatable bonds is 7. The van der Waals surface area contributed by atoms with E-state index in [1.165, 1.54) is 6.07 Å². The molecular formula is C23H24N4O4. The molecule has 0 aliphatic heterocycles. The predicted molar refractivity (Wildman–Crippen MR) is 119 cm³/mol. The number of aryl methyl sites for hydroxylation is 2. The lowest BCUT2D eigenvalue weighted by Gasteiger charge is -2.12. The normalized spacial score (nSPS) is 11.0. The van der Waals surface area contributed by atoms with Gasteiger partial charge in [-0.25, -0.2) is 5.43 Å². The zero-order valence-corrected chi connectivity index (χ0v) is 17.9. The number of nitro benzene ring substituents is 1. The van der Waals surface area contributed by atoms with E-state index in [1.807, 2.05) is 38.3 Å².